The van der Waals surface area contributed by atoms with Gasteiger partial charge in [-0.25, -0.2) is 13.6 Å². The summed E-state index contributed by atoms with van der Waals surface area (Å²) in [5, 5.41) is 8.73. The third-order valence-corrected chi connectivity index (χ3v) is 3.71. The maximum absolute atomic E-state index is 13.9. The summed E-state index contributed by atoms with van der Waals surface area (Å²) < 4.78 is 27.5. The fraction of sp³-hybridized carbons (Fsp3) is 0.500. The van der Waals surface area contributed by atoms with E-state index in [1.165, 1.54) is 18.9 Å². The van der Waals surface area contributed by atoms with Gasteiger partial charge >= 0.3 is 5.97 Å². The smallest absolute Gasteiger partial charge is 0.338 e. The molecule has 3 nitrogen and oxygen atoms in total. The van der Waals surface area contributed by atoms with E-state index < -0.39 is 23.2 Å². The summed E-state index contributed by atoms with van der Waals surface area (Å²) in [5.74, 6) is -3.32. The molecule has 1 saturated carbocycles. The Balaban J connectivity index is 2.19. The minimum Gasteiger partial charge on any atom is -0.478 e. The normalized spacial score (nSPS) is 15.7. The van der Waals surface area contributed by atoms with Crippen LogP contribution >= 0.6 is 0 Å². The van der Waals surface area contributed by atoms with Crippen molar-refractivity contribution in [3.63, 3.8) is 0 Å². The first kappa shape index (κ1) is 13.8. The molecule has 0 saturated heterocycles. The first-order valence-electron chi connectivity index (χ1n) is 6.43. The van der Waals surface area contributed by atoms with Gasteiger partial charge in [0.15, 0.2) is 11.6 Å². The Kier molecular flexibility index (Phi) is 4.02. The van der Waals surface area contributed by atoms with Crippen LogP contribution in [0.2, 0.25) is 0 Å². The number of anilines is 1. The largest absolute Gasteiger partial charge is 0.478 e. The van der Waals surface area contributed by atoms with Gasteiger partial charge in [0, 0.05) is 13.6 Å². The molecule has 19 heavy (non-hydrogen) atoms. The predicted octanol–water partition coefficient (Wildman–Crippen LogP) is 3.29. The van der Waals surface area contributed by atoms with Crippen molar-refractivity contribution in [2.45, 2.75) is 25.7 Å². The molecule has 0 unspecified atom stereocenters. The highest BCUT2D eigenvalue weighted by molar-refractivity contribution is 5.88. The van der Waals surface area contributed by atoms with E-state index >= 15 is 0 Å². The Morgan fingerprint density at radius 1 is 1.32 bits per heavy atom. The van der Waals surface area contributed by atoms with Gasteiger partial charge in [-0.2, -0.15) is 0 Å². The van der Waals surface area contributed by atoms with Crippen LogP contribution in [0.5, 0.6) is 0 Å². The van der Waals surface area contributed by atoms with Gasteiger partial charge in [0.1, 0.15) is 0 Å². The van der Waals surface area contributed by atoms with Gasteiger partial charge in [-0.15, -0.1) is 0 Å². The third kappa shape index (κ3) is 2.85. The Morgan fingerprint density at radius 3 is 2.53 bits per heavy atom. The molecule has 5 heteroatoms. The zero-order valence-electron chi connectivity index (χ0n) is 10.8. The number of benzene rings is 1. The van der Waals surface area contributed by atoms with Crippen molar-refractivity contribution in [2.24, 2.45) is 5.92 Å². The van der Waals surface area contributed by atoms with Gasteiger partial charge in [0.2, 0.25) is 0 Å². The monoisotopic (exact) mass is 269 g/mol. The number of carboxylic acid groups (broad SMARTS) is 1. The Morgan fingerprint density at radius 2 is 1.95 bits per heavy atom. The van der Waals surface area contributed by atoms with Crippen LogP contribution in [0.15, 0.2) is 12.1 Å². The lowest BCUT2D eigenvalue weighted by atomic mass is 10.1. The van der Waals surface area contributed by atoms with Gasteiger partial charge in [-0.05, 0) is 30.9 Å². The SMILES string of the molecule is CN(CC1CCCC1)c1ccc(C(=O)O)c(F)c1F. The Bertz CT molecular complexity index is 485. The van der Waals surface area contributed by atoms with Gasteiger partial charge in [0.25, 0.3) is 0 Å². The Hall–Kier alpha value is -1.65. The first-order chi connectivity index (χ1) is 9.00. The molecule has 1 aliphatic rings. The number of carboxylic acids is 1. The van der Waals surface area contributed by atoms with E-state index in [1.54, 1.807) is 11.9 Å². The maximum atomic E-state index is 13.9. The highest BCUT2D eigenvalue weighted by atomic mass is 19.2. The van der Waals surface area contributed by atoms with Crippen molar-refractivity contribution in [1.82, 2.24) is 0 Å². The molecule has 0 aromatic heterocycles. The summed E-state index contributed by atoms with van der Waals surface area (Å²) in [6.45, 7) is 0.669. The number of hydrogen-bond donors (Lipinski definition) is 1. The molecule has 2 rings (SSSR count). The van der Waals surface area contributed by atoms with Crippen LogP contribution in [-0.4, -0.2) is 24.7 Å². The summed E-state index contributed by atoms with van der Waals surface area (Å²) in [4.78, 5) is 12.4. The molecule has 0 atom stereocenters. The first-order valence-corrected chi connectivity index (χ1v) is 6.43. The molecule has 0 radical (unpaired) electrons. The van der Waals surface area contributed by atoms with Crippen LogP contribution in [0.3, 0.4) is 0 Å². The molecule has 1 fully saturated rings. The second kappa shape index (κ2) is 5.55. The van der Waals surface area contributed by atoms with Crippen molar-refractivity contribution >= 4 is 11.7 Å². The van der Waals surface area contributed by atoms with Crippen LogP contribution in [0.1, 0.15) is 36.0 Å². The highest BCUT2D eigenvalue weighted by Crippen LogP contribution is 2.29. The quantitative estimate of drug-likeness (QED) is 0.911. The second-order valence-electron chi connectivity index (χ2n) is 5.10. The van der Waals surface area contributed by atoms with E-state index in [-0.39, 0.29) is 5.69 Å². The van der Waals surface area contributed by atoms with Gasteiger partial charge in [-0.3, -0.25) is 0 Å². The summed E-state index contributed by atoms with van der Waals surface area (Å²) in [7, 11) is 1.70. The lowest BCUT2D eigenvalue weighted by molar-refractivity contribution is 0.0690. The summed E-state index contributed by atoms with van der Waals surface area (Å²) in [5.41, 5.74) is -0.509. The molecule has 1 aliphatic carbocycles. The zero-order valence-corrected chi connectivity index (χ0v) is 10.8. The maximum Gasteiger partial charge on any atom is 0.338 e. The molecule has 0 amide bonds. The fourth-order valence-corrected chi connectivity index (χ4v) is 2.68. The van der Waals surface area contributed by atoms with Gasteiger partial charge in [-0.1, -0.05) is 12.8 Å². The van der Waals surface area contributed by atoms with Crippen LogP contribution in [0.25, 0.3) is 0 Å². The van der Waals surface area contributed by atoms with E-state index in [1.807, 2.05) is 0 Å². The van der Waals surface area contributed by atoms with Crippen LogP contribution < -0.4 is 4.90 Å². The minimum absolute atomic E-state index is 0.120. The minimum atomic E-state index is -1.46. The van der Waals surface area contributed by atoms with E-state index in [9.17, 15) is 13.6 Å². The van der Waals surface area contributed by atoms with Crippen molar-refractivity contribution in [2.75, 3.05) is 18.5 Å². The van der Waals surface area contributed by atoms with Crippen molar-refractivity contribution in [1.29, 1.82) is 0 Å². The average molecular weight is 269 g/mol. The third-order valence-electron chi connectivity index (χ3n) is 3.71. The number of carbonyl (C=O) groups is 1. The van der Waals surface area contributed by atoms with E-state index in [2.05, 4.69) is 0 Å². The molecule has 0 aliphatic heterocycles. The summed E-state index contributed by atoms with van der Waals surface area (Å²) >= 11 is 0. The highest BCUT2D eigenvalue weighted by Gasteiger charge is 2.22. The molecule has 0 spiro atoms. The van der Waals surface area contributed by atoms with Crippen molar-refractivity contribution in [3.8, 4) is 0 Å². The molecule has 104 valence electrons. The van der Waals surface area contributed by atoms with E-state index in [0.29, 0.717) is 12.5 Å². The van der Waals surface area contributed by atoms with Crippen molar-refractivity contribution < 1.29 is 18.7 Å². The molecule has 0 heterocycles. The van der Waals surface area contributed by atoms with Crippen LogP contribution in [0, 0.1) is 17.6 Å². The summed E-state index contributed by atoms with van der Waals surface area (Å²) in [6, 6.07) is 2.44. The van der Waals surface area contributed by atoms with Gasteiger partial charge < -0.3 is 10.0 Å². The topological polar surface area (TPSA) is 40.5 Å². The number of aromatic carboxylic acids is 1. The molecule has 0 bridgehead atoms. The lowest BCUT2D eigenvalue weighted by Crippen LogP contribution is -2.25. The molecular formula is C14H17F2NO2. The fourth-order valence-electron chi connectivity index (χ4n) is 2.68. The zero-order chi connectivity index (χ0) is 14.0. The molecule has 1 aromatic carbocycles. The van der Waals surface area contributed by atoms with Crippen LogP contribution in [-0.2, 0) is 0 Å². The van der Waals surface area contributed by atoms with E-state index in [4.69, 9.17) is 5.11 Å². The average Bonchev–Trinajstić information content (AvgIpc) is 2.84. The number of nitrogens with zero attached hydrogens (tertiary/aromatic N) is 1. The van der Waals surface area contributed by atoms with Crippen molar-refractivity contribution in [3.05, 3.63) is 29.3 Å². The number of hydrogen-bond acceptors (Lipinski definition) is 2. The molecular weight excluding hydrogens is 252 g/mol. The van der Waals surface area contributed by atoms with E-state index in [0.717, 1.165) is 18.9 Å². The Labute approximate surface area is 110 Å². The number of rotatable bonds is 4. The predicted molar refractivity (Wildman–Crippen MR) is 68.5 cm³/mol. The lowest BCUT2D eigenvalue weighted by Gasteiger charge is -2.23. The molecule has 1 aromatic rings. The summed E-state index contributed by atoms with van der Waals surface area (Å²) in [6.07, 6.45) is 4.60. The van der Waals surface area contributed by atoms with Crippen LogP contribution in [0.4, 0.5) is 14.5 Å². The second-order valence-corrected chi connectivity index (χ2v) is 5.10. The van der Waals surface area contributed by atoms with Gasteiger partial charge in [0.05, 0.1) is 11.3 Å². The number of halogens is 2. The standard InChI is InChI=1S/C14H17F2NO2/c1-17(8-9-4-2-3-5-9)11-7-6-10(14(18)19)12(15)13(11)16/h6-7,9H,2-5,8H2,1H3,(H,18,19). The molecule has 1 N–H and O–H groups in total.